The van der Waals surface area contributed by atoms with Crippen LogP contribution in [0, 0.1) is 0 Å². The first kappa shape index (κ1) is 19.6. The highest BCUT2D eigenvalue weighted by molar-refractivity contribution is 7.09. The van der Waals surface area contributed by atoms with Gasteiger partial charge in [0.25, 0.3) is 0 Å². The van der Waals surface area contributed by atoms with Crippen LogP contribution in [0.3, 0.4) is 0 Å². The molecule has 0 bridgehead atoms. The van der Waals surface area contributed by atoms with Gasteiger partial charge in [-0.05, 0) is 48.7 Å². The van der Waals surface area contributed by atoms with E-state index in [1.54, 1.807) is 11.3 Å². The highest BCUT2D eigenvalue weighted by Crippen LogP contribution is 2.34. The summed E-state index contributed by atoms with van der Waals surface area (Å²) in [5.74, 6) is 1.42. The second kappa shape index (κ2) is 9.67. The molecule has 1 heterocycles. The Kier molecular flexibility index (Phi) is 7.02. The van der Waals surface area contributed by atoms with Gasteiger partial charge in [-0.1, -0.05) is 44.2 Å². The zero-order valence-electron chi connectivity index (χ0n) is 16.4. The number of hydrogen-bond donors (Lipinski definition) is 1. The highest BCUT2D eigenvalue weighted by Gasteiger charge is 2.14. The number of benzene rings is 2. The molecule has 3 nitrogen and oxygen atoms in total. The maximum Gasteiger partial charge on any atom is 0.123 e. The quantitative estimate of drug-likeness (QED) is 0.520. The molecule has 2 aromatic carbocycles. The van der Waals surface area contributed by atoms with E-state index in [1.165, 1.54) is 21.7 Å². The Labute approximate surface area is 166 Å². The smallest absolute Gasteiger partial charge is 0.123 e. The first-order valence-electron chi connectivity index (χ1n) is 9.61. The Bertz CT molecular complexity index is 845. The molecular weight excluding hydrogens is 352 g/mol. The molecule has 0 aliphatic heterocycles. The molecule has 0 saturated heterocycles. The fourth-order valence-corrected chi connectivity index (χ4v) is 3.78. The summed E-state index contributed by atoms with van der Waals surface area (Å²) in [5.41, 5.74) is 4.68. The molecule has 1 N–H and O–H groups in total. The Morgan fingerprint density at radius 2 is 1.96 bits per heavy atom. The van der Waals surface area contributed by atoms with E-state index in [0.717, 1.165) is 30.8 Å². The first-order valence-corrected chi connectivity index (χ1v) is 10.5. The number of ether oxygens (including phenoxy) is 1. The van der Waals surface area contributed by atoms with E-state index >= 15 is 0 Å². The average Bonchev–Trinajstić information content (AvgIpc) is 3.19. The summed E-state index contributed by atoms with van der Waals surface area (Å²) in [6.45, 7) is 6.02. The molecule has 1 aromatic heterocycles. The predicted molar refractivity (Wildman–Crippen MR) is 115 cm³/mol. The minimum absolute atomic E-state index is 0.443. The number of likely N-dealkylation sites (N-methyl/N-ethyl adjacent to an activating group) is 1. The summed E-state index contributed by atoms with van der Waals surface area (Å²) in [5, 5.41) is 6.51. The standard InChI is InChI=1S/C23H28N2OS/c1-4-17(2)20-14-19(21-16-27-23(25-21)12-13-24-3)10-11-22(20)26-15-18-8-6-5-7-9-18/h5-11,14,16-17,24H,4,12-13,15H2,1-3H3. The molecule has 3 rings (SSSR count). The molecular formula is C23H28N2OS. The van der Waals surface area contributed by atoms with Crippen molar-refractivity contribution in [3.8, 4) is 17.0 Å². The van der Waals surface area contributed by atoms with Crippen LogP contribution in [0.4, 0.5) is 0 Å². The van der Waals surface area contributed by atoms with E-state index in [4.69, 9.17) is 9.72 Å². The van der Waals surface area contributed by atoms with Gasteiger partial charge in [0.05, 0.1) is 10.7 Å². The number of hydrogen-bond acceptors (Lipinski definition) is 4. The van der Waals surface area contributed by atoms with Crippen molar-refractivity contribution in [3.05, 3.63) is 70.0 Å². The van der Waals surface area contributed by atoms with E-state index in [1.807, 2.05) is 25.2 Å². The maximum atomic E-state index is 6.17. The molecule has 3 aromatic rings. The van der Waals surface area contributed by atoms with Crippen LogP contribution < -0.4 is 10.1 Å². The summed E-state index contributed by atoms with van der Waals surface area (Å²) in [6.07, 6.45) is 2.05. The van der Waals surface area contributed by atoms with E-state index in [0.29, 0.717) is 12.5 Å². The molecule has 1 atom stereocenters. The Morgan fingerprint density at radius 1 is 1.15 bits per heavy atom. The van der Waals surface area contributed by atoms with Crippen LogP contribution >= 0.6 is 11.3 Å². The summed E-state index contributed by atoms with van der Waals surface area (Å²) in [7, 11) is 1.97. The van der Waals surface area contributed by atoms with Crippen LogP contribution in [0.25, 0.3) is 11.3 Å². The highest BCUT2D eigenvalue weighted by atomic mass is 32.1. The Hall–Kier alpha value is -2.17. The third-order valence-corrected chi connectivity index (χ3v) is 5.74. The molecule has 0 spiro atoms. The summed E-state index contributed by atoms with van der Waals surface area (Å²) in [6, 6.07) is 16.8. The minimum Gasteiger partial charge on any atom is -0.489 e. The van der Waals surface area contributed by atoms with Crippen LogP contribution in [-0.4, -0.2) is 18.6 Å². The molecule has 0 amide bonds. The van der Waals surface area contributed by atoms with Gasteiger partial charge in [-0.15, -0.1) is 11.3 Å². The minimum atomic E-state index is 0.443. The van der Waals surface area contributed by atoms with Crippen LogP contribution in [0.5, 0.6) is 5.75 Å². The predicted octanol–water partition coefficient (Wildman–Crippen LogP) is 5.66. The van der Waals surface area contributed by atoms with Gasteiger partial charge in [0.1, 0.15) is 12.4 Å². The Balaban J connectivity index is 1.82. The lowest BCUT2D eigenvalue weighted by molar-refractivity contribution is 0.301. The second-order valence-electron chi connectivity index (χ2n) is 6.82. The van der Waals surface area contributed by atoms with Gasteiger partial charge < -0.3 is 10.1 Å². The molecule has 1 unspecified atom stereocenters. The van der Waals surface area contributed by atoms with Crippen molar-refractivity contribution in [1.29, 1.82) is 0 Å². The monoisotopic (exact) mass is 380 g/mol. The fraction of sp³-hybridized carbons (Fsp3) is 0.348. The molecule has 27 heavy (non-hydrogen) atoms. The van der Waals surface area contributed by atoms with Gasteiger partial charge in [-0.25, -0.2) is 4.98 Å². The molecule has 142 valence electrons. The van der Waals surface area contributed by atoms with Crippen molar-refractivity contribution < 1.29 is 4.74 Å². The van der Waals surface area contributed by atoms with Gasteiger partial charge in [0, 0.05) is 23.9 Å². The number of thiazole rings is 1. The van der Waals surface area contributed by atoms with Gasteiger partial charge >= 0.3 is 0 Å². The molecule has 0 radical (unpaired) electrons. The third-order valence-electron chi connectivity index (χ3n) is 4.83. The average molecular weight is 381 g/mol. The molecule has 0 aliphatic carbocycles. The van der Waals surface area contributed by atoms with Crippen molar-refractivity contribution in [3.63, 3.8) is 0 Å². The van der Waals surface area contributed by atoms with Crippen LogP contribution in [-0.2, 0) is 13.0 Å². The van der Waals surface area contributed by atoms with Gasteiger partial charge in [0.15, 0.2) is 0 Å². The van der Waals surface area contributed by atoms with Crippen LogP contribution in [0.2, 0.25) is 0 Å². The summed E-state index contributed by atoms with van der Waals surface area (Å²) >= 11 is 1.73. The van der Waals surface area contributed by atoms with Crippen molar-refractivity contribution in [2.45, 2.75) is 39.2 Å². The number of nitrogens with zero attached hydrogens (tertiary/aromatic N) is 1. The lowest BCUT2D eigenvalue weighted by Crippen LogP contribution is -2.09. The fourth-order valence-electron chi connectivity index (χ4n) is 2.97. The van der Waals surface area contributed by atoms with Crippen LogP contribution in [0.1, 0.15) is 42.3 Å². The van der Waals surface area contributed by atoms with Gasteiger partial charge in [-0.2, -0.15) is 0 Å². The summed E-state index contributed by atoms with van der Waals surface area (Å²) < 4.78 is 6.17. The Morgan fingerprint density at radius 3 is 2.70 bits per heavy atom. The number of aromatic nitrogens is 1. The van der Waals surface area contributed by atoms with E-state index < -0.39 is 0 Å². The molecule has 4 heteroatoms. The van der Waals surface area contributed by atoms with Crippen molar-refractivity contribution in [1.82, 2.24) is 10.3 Å². The van der Waals surface area contributed by atoms with Gasteiger partial charge in [0.2, 0.25) is 0 Å². The number of nitrogens with one attached hydrogen (secondary N) is 1. The summed E-state index contributed by atoms with van der Waals surface area (Å²) in [4.78, 5) is 4.81. The topological polar surface area (TPSA) is 34.2 Å². The lowest BCUT2D eigenvalue weighted by Gasteiger charge is -2.17. The number of rotatable bonds is 9. The lowest BCUT2D eigenvalue weighted by atomic mass is 9.95. The largest absolute Gasteiger partial charge is 0.489 e. The first-order chi connectivity index (χ1) is 13.2. The zero-order chi connectivity index (χ0) is 19.1. The maximum absolute atomic E-state index is 6.17. The molecule has 0 aliphatic rings. The van der Waals surface area contributed by atoms with E-state index in [-0.39, 0.29) is 0 Å². The van der Waals surface area contributed by atoms with Crippen molar-refractivity contribution in [2.24, 2.45) is 0 Å². The van der Waals surface area contributed by atoms with Crippen molar-refractivity contribution in [2.75, 3.05) is 13.6 Å². The SMILES string of the molecule is CCC(C)c1cc(-c2csc(CCNC)n2)ccc1OCc1ccccc1. The normalized spacial score (nSPS) is 12.1. The third kappa shape index (κ3) is 5.18. The molecule has 0 saturated carbocycles. The van der Waals surface area contributed by atoms with Crippen molar-refractivity contribution >= 4 is 11.3 Å². The molecule has 0 fully saturated rings. The zero-order valence-corrected chi connectivity index (χ0v) is 17.2. The second-order valence-corrected chi connectivity index (χ2v) is 7.76. The van der Waals surface area contributed by atoms with E-state index in [2.05, 4.69) is 54.9 Å². The van der Waals surface area contributed by atoms with Gasteiger partial charge in [-0.3, -0.25) is 0 Å². The van der Waals surface area contributed by atoms with Crippen LogP contribution in [0.15, 0.2) is 53.9 Å². The van der Waals surface area contributed by atoms with E-state index in [9.17, 15) is 0 Å².